The normalized spacial score (nSPS) is 18.6. The van der Waals surface area contributed by atoms with E-state index >= 15 is 0 Å². The van der Waals surface area contributed by atoms with Gasteiger partial charge in [0.2, 0.25) is 0 Å². The molecule has 22 heavy (non-hydrogen) atoms. The largest absolute Gasteiger partial charge is 0.495 e. The Hall–Kier alpha value is -2.17. The van der Waals surface area contributed by atoms with Gasteiger partial charge in [-0.25, -0.2) is 4.79 Å². The van der Waals surface area contributed by atoms with E-state index in [2.05, 4.69) is 22.4 Å². The van der Waals surface area contributed by atoms with Gasteiger partial charge in [0.25, 0.3) is 0 Å². The summed E-state index contributed by atoms with van der Waals surface area (Å²) in [5.74, 6) is 1.57. The summed E-state index contributed by atoms with van der Waals surface area (Å²) in [6, 6.07) is 8.01. The maximum Gasteiger partial charge on any atom is 0.321 e. The molecule has 1 aliphatic carbocycles. The number of allylic oxidation sites excluding steroid dienone is 1. The number of methoxy groups -OCH3 is 1. The van der Waals surface area contributed by atoms with Crippen molar-refractivity contribution in [3.05, 3.63) is 36.5 Å². The average Bonchev–Trinajstić information content (AvgIpc) is 3.39. The molecule has 0 radical (unpaired) electrons. The highest BCUT2D eigenvalue weighted by molar-refractivity contribution is 5.75. The number of para-hydroxylation sites is 2. The van der Waals surface area contributed by atoms with Gasteiger partial charge in [0.1, 0.15) is 5.75 Å². The van der Waals surface area contributed by atoms with Crippen molar-refractivity contribution in [2.75, 3.05) is 38.2 Å². The minimum absolute atomic E-state index is 0.00317. The number of benzene rings is 1. The molecule has 118 valence electrons. The fourth-order valence-electron chi connectivity index (χ4n) is 2.68. The highest BCUT2D eigenvalue weighted by Gasteiger charge is 2.22. The van der Waals surface area contributed by atoms with Crippen LogP contribution in [0, 0.1) is 5.92 Å². The smallest absolute Gasteiger partial charge is 0.321 e. The number of anilines is 1. The fraction of sp³-hybridized carbons (Fsp3) is 0.471. The lowest BCUT2D eigenvalue weighted by atomic mass is 10.2. The van der Waals surface area contributed by atoms with E-state index in [1.807, 2.05) is 23.1 Å². The van der Waals surface area contributed by atoms with Crippen LogP contribution in [-0.2, 0) is 0 Å². The van der Waals surface area contributed by atoms with Crippen molar-refractivity contribution in [1.29, 1.82) is 0 Å². The Kier molecular flexibility index (Phi) is 4.51. The van der Waals surface area contributed by atoms with Crippen LogP contribution in [-0.4, -0.2) is 44.2 Å². The van der Waals surface area contributed by atoms with Gasteiger partial charge in [0.15, 0.2) is 0 Å². The molecule has 1 N–H and O–H groups in total. The molecule has 5 nitrogen and oxygen atoms in total. The van der Waals surface area contributed by atoms with E-state index in [9.17, 15) is 4.79 Å². The molecule has 0 aromatic heterocycles. The van der Waals surface area contributed by atoms with E-state index in [-0.39, 0.29) is 6.03 Å². The number of nitrogens with zero attached hydrogens (tertiary/aromatic N) is 2. The standard InChI is InChI=1S/C17H23N3O2/c1-22-16-5-3-2-4-15(16)19-10-12-20(13-11-19)17(21)18-9-8-14-6-7-14/h2-5,8-9,14H,6-7,10-13H2,1H3,(H,18,21)/b9-8+. The van der Waals surface area contributed by atoms with Crippen LogP contribution in [0.15, 0.2) is 36.5 Å². The summed E-state index contributed by atoms with van der Waals surface area (Å²) < 4.78 is 5.41. The van der Waals surface area contributed by atoms with E-state index in [4.69, 9.17) is 4.74 Å². The fourth-order valence-corrected chi connectivity index (χ4v) is 2.68. The van der Waals surface area contributed by atoms with Crippen molar-refractivity contribution >= 4 is 11.7 Å². The van der Waals surface area contributed by atoms with Crippen LogP contribution in [0.2, 0.25) is 0 Å². The van der Waals surface area contributed by atoms with Crippen molar-refractivity contribution in [1.82, 2.24) is 10.2 Å². The Morgan fingerprint density at radius 1 is 1.23 bits per heavy atom. The molecule has 2 aliphatic rings. The maximum atomic E-state index is 12.1. The molecule has 1 saturated carbocycles. The van der Waals surface area contributed by atoms with Crippen molar-refractivity contribution < 1.29 is 9.53 Å². The number of hydrogen-bond donors (Lipinski definition) is 1. The second-order valence-corrected chi connectivity index (χ2v) is 5.79. The van der Waals surface area contributed by atoms with Gasteiger partial charge in [0.05, 0.1) is 12.8 Å². The summed E-state index contributed by atoms with van der Waals surface area (Å²) in [5, 5.41) is 2.86. The van der Waals surface area contributed by atoms with E-state index in [0.29, 0.717) is 5.92 Å². The minimum Gasteiger partial charge on any atom is -0.495 e. The Labute approximate surface area is 131 Å². The van der Waals surface area contributed by atoms with Gasteiger partial charge >= 0.3 is 6.03 Å². The number of ether oxygens (including phenoxy) is 1. The molecule has 2 amide bonds. The number of carbonyl (C=O) groups is 1. The molecule has 1 saturated heterocycles. The first-order valence-corrected chi connectivity index (χ1v) is 7.88. The molecule has 0 spiro atoms. The first-order valence-electron chi connectivity index (χ1n) is 7.88. The third kappa shape index (κ3) is 3.53. The monoisotopic (exact) mass is 301 g/mol. The molecule has 1 aliphatic heterocycles. The van der Waals surface area contributed by atoms with Gasteiger partial charge in [-0.05, 0) is 30.9 Å². The lowest BCUT2D eigenvalue weighted by Crippen LogP contribution is -2.51. The highest BCUT2D eigenvalue weighted by Crippen LogP contribution is 2.30. The summed E-state index contributed by atoms with van der Waals surface area (Å²) in [6.45, 7) is 3.09. The van der Waals surface area contributed by atoms with E-state index in [1.54, 1.807) is 13.3 Å². The van der Waals surface area contributed by atoms with E-state index in [0.717, 1.165) is 37.6 Å². The van der Waals surface area contributed by atoms with Gasteiger partial charge in [-0.3, -0.25) is 0 Å². The van der Waals surface area contributed by atoms with Crippen molar-refractivity contribution in [2.45, 2.75) is 12.8 Å². The first kappa shape index (κ1) is 14.8. The molecule has 0 bridgehead atoms. The molecule has 0 unspecified atom stereocenters. The molecule has 2 fully saturated rings. The SMILES string of the molecule is COc1ccccc1N1CCN(C(=O)N/C=C/C2CC2)CC1. The third-order valence-electron chi connectivity index (χ3n) is 4.19. The Morgan fingerprint density at radius 2 is 1.95 bits per heavy atom. The number of hydrogen-bond acceptors (Lipinski definition) is 3. The molecule has 5 heteroatoms. The second-order valence-electron chi connectivity index (χ2n) is 5.79. The van der Waals surface area contributed by atoms with Crippen LogP contribution < -0.4 is 15.0 Å². The number of nitrogens with one attached hydrogen (secondary N) is 1. The van der Waals surface area contributed by atoms with Crippen LogP contribution in [0.25, 0.3) is 0 Å². The van der Waals surface area contributed by atoms with Crippen LogP contribution in [0.4, 0.5) is 10.5 Å². The lowest BCUT2D eigenvalue weighted by molar-refractivity contribution is 0.198. The number of amides is 2. The van der Waals surface area contributed by atoms with Crippen molar-refractivity contribution in [3.8, 4) is 5.75 Å². The van der Waals surface area contributed by atoms with Gasteiger partial charge in [-0.2, -0.15) is 0 Å². The third-order valence-corrected chi connectivity index (χ3v) is 4.19. The van der Waals surface area contributed by atoms with E-state index in [1.165, 1.54) is 12.8 Å². The zero-order valence-electron chi connectivity index (χ0n) is 13.0. The van der Waals surface area contributed by atoms with E-state index < -0.39 is 0 Å². The van der Waals surface area contributed by atoms with Gasteiger partial charge in [-0.15, -0.1) is 0 Å². The summed E-state index contributed by atoms with van der Waals surface area (Å²) >= 11 is 0. The molecule has 0 atom stereocenters. The molecular weight excluding hydrogens is 278 g/mol. The number of piperazine rings is 1. The number of urea groups is 1. The molecule has 1 aromatic rings. The first-order chi connectivity index (χ1) is 10.8. The molecule has 1 aromatic carbocycles. The van der Waals surface area contributed by atoms with Crippen molar-refractivity contribution in [3.63, 3.8) is 0 Å². The summed E-state index contributed by atoms with van der Waals surface area (Å²) in [5.41, 5.74) is 1.10. The average molecular weight is 301 g/mol. The number of carbonyl (C=O) groups excluding carboxylic acids is 1. The summed E-state index contributed by atoms with van der Waals surface area (Å²) in [7, 11) is 1.69. The van der Waals surface area contributed by atoms with Crippen LogP contribution in [0.1, 0.15) is 12.8 Å². The minimum atomic E-state index is -0.00317. The quantitative estimate of drug-likeness (QED) is 0.929. The van der Waals surface area contributed by atoms with Gasteiger partial charge in [0, 0.05) is 32.4 Å². The zero-order chi connectivity index (χ0) is 15.4. The Balaban J connectivity index is 1.52. The maximum absolute atomic E-state index is 12.1. The van der Waals surface area contributed by atoms with Crippen LogP contribution in [0.3, 0.4) is 0 Å². The molecule has 1 heterocycles. The summed E-state index contributed by atoms with van der Waals surface area (Å²) in [4.78, 5) is 16.2. The predicted molar refractivity (Wildman–Crippen MR) is 87.2 cm³/mol. The Bertz CT molecular complexity index is 547. The molecule has 3 rings (SSSR count). The topological polar surface area (TPSA) is 44.8 Å². The zero-order valence-corrected chi connectivity index (χ0v) is 13.0. The lowest BCUT2D eigenvalue weighted by Gasteiger charge is -2.36. The van der Waals surface area contributed by atoms with Gasteiger partial charge in [-0.1, -0.05) is 18.2 Å². The van der Waals surface area contributed by atoms with Crippen LogP contribution in [0.5, 0.6) is 5.75 Å². The molecular formula is C17H23N3O2. The number of rotatable bonds is 4. The Morgan fingerprint density at radius 3 is 2.64 bits per heavy atom. The highest BCUT2D eigenvalue weighted by atomic mass is 16.5. The van der Waals surface area contributed by atoms with Crippen molar-refractivity contribution in [2.24, 2.45) is 5.92 Å². The van der Waals surface area contributed by atoms with Gasteiger partial charge < -0.3 is 19.9 Å². The second kappa shape index (κ2) is 6.73. The summed E-state index contributed by atoms with van der Waals surface area (Å²) in [6.07, 6.45) is 6.39. The predicted octanol–water partition coefficient (Wildman–Crippen LogP) is 2.45. The van der Waals surface area contributed by atoms with Crippen LogP contribution >= 0.6 is 0 Å².